The van der Waals surface area contributed by atoms with Crippen LogP contribution in [0.25, 0.3) is 0 Å². The Morgan fingerprint density at radius 3 is 2.76 bits per heavy atom. The summed E-state index contributed by atoms with van der Waals surface area (Å²) >= 11 is 0. The van der Waals surface area contributed by atoms with Crippen molar-refractivity contribution in [3.8, 4) is 0 Å². The number of hydrogen-bond acceptors (Lipinski definition) is 6. The maximum atomic E-state index is 12.3. The molecule has 7 nitrogen and oxygen atoms in total. The van der Waals surface area contributed by atoms with E-state index in [9.17, 15) is 4.79 Å². The van der Waals surface area contributed by atoms with Crippen molar-refractivity contribution in [2.45, 2.75) is 19.5 Å². The van der Waals surface area contributed by atoms with Crippen LogP contribution in [-0.2, 0) is 16.1 Å². The van der Waals surface area contributed by atoms with Gasteiger partial charge in [-0.25, -0.2) is 9.97 Å². The van der Waals surface area contributed by atoms with E-state index in [1.54, 1.807) is 0 Å². The molecule has 0 bridgehead atoms. The van der Waals surface area contributed by atoms with Gasteiger partial charge in [-0.1, -0.05) is 30.3 Å². The zero-order chi connectivity index (χ0) is 17.5. The molecule has 25 heavy (non-hydrogen) atoms. The number of carbonyl (C=O) groups is 1. The highest BCUT2D eigenvalue weighted by Gasteiger charge is 2.16. The highest BCUT2D eigenvalue weighted by molar-refractivity contribution is 5.83. The van der Waals surface area contributed by atoms with Crippen molar-refractivity contribution in [3.63, 3.8) is 0 Å². The summed E-state index contributed by atoms with van der Waals surface area (Å²) in [5.74, 6) is 1.41. The van der Waals surface area contributed by atoms with Gasteiger partial charge in [-0.3, -0.25) is 4.79 Å². The van der Waals surface area contributed by atoms with Gasteiger partial charge in [0.25, 0.3) is 0 Å². The predicted octanol–water partition coefficient (Wildman–Crippen LogP) is 1.43. The molecule has 1 fully saturated rings. The molecule has 1 unspecified atom stereocenters. The van der Waals surface area contributed by atoms with Gasteiger partial charge in [0.1, 0.15) is 24.0 Å². The second-order valence-electron chi connectivity index (χ2n) is 5.93. The third-order valence-electron chi connectivity index (χ3n) is 4.05. The van der Waals surface area contributed by atoms with E-state index in [0.717, 1.165) is 24.5 Å². The fraction of sp³-hybridized carbons (Fsp3) is 0.389. The third kappa shape index (κ3) is 4.90. The van der Waals surface area contributed by atoms with Crippen LogP contribution in [0.3, 0.4) is 0 Å². The lowest BCUT2D eigenvalue weighted by Crippen LogP contribution is -2.38. The Kier molecular flexibility index (Phi) is 5.79. The van der Waals surface area contributed by atoms with Gasteiger partial charge in [0.15, 0.2) is 0 Å². The van der Waals surface area contributed by atoms with Crippen molar-refractivity contribution in [2.75, 3.05) is 36.5 Å². The summed E-state index contributed by atoms with van der Waals surface area (Å²) in [6, 6.07) is 11.3. The third-order valence-corrected chi connectivity index (χ3v) is 4.05. The quantitative estimate of drug-likeness (QED) is 0.827. The average molecular weight is 341 g/mol. The number of anilines is 2. The van der Waals surface area contributed by atoms with Gasteiger partial charge < -0.3 is 20.3 Å². The zero-order valence-electron chi connectivity index (χ0n) is 14.3. The summed E-state index contributed by atoms with van der Waals surface area (Å²) in [5, 5.41) is 6.06. The predicted molar refractivity (Wildman–Crippen MR) is 96.4 cm³/mol. The number of morpholine rings is 1. The normalized spacial score (nSPS) is 15.5. The van der Waals surface area contributed by atoms with Crippen molar-refractivity contribution >= 4 is 17.5 Å². The molecule has 1 aromatic carbocycles. The summed E-state index contributed by atoms with van der Waals surface area (Å²) in [7, 11) is 0. The molecule has 3 rings (SSSR count). The number of rotatable bonds is 6. The van der Waals surface area contributed by atoms with Crippen LogP contribution in [0.5, 0.6) is 0 Å². The first-order valence-corrected chi connectivity index (χ1v) is 8.45. The summed E-state index contributed by atoms with van der Waals surface area (Å²) in [6.45, 7) is 5.34. The first-order valence-electron chi connectivity index (χ1n) is 8.45. The van der Waals surface area contributed by atoms with E-state index in [1.165, 1.54) is 6.33 Å². The van der Waals surface area contributed by atoms with Crippen LogP contribution in [0, 0.1) is 0 Å². The Morgan fingerprint density at radius 2 is 2.00 bits per heavy atom. The molecule has 0 radical (unpaired) electrons. The number of ether oxygens (including phenoxy) is 1. The van der Waals surface area contributed by atoms with Gasteiger partial charge in [-0.15, -0.1) is 0 Å². The minimum atomic E-state index is -0.392. The Balaban J connectivity index is 1.54. The molecular weight excluding hydrogens is 318 g/mol. The molecule has 2 N–H and O–H groups in total. The molecule has 1 aliphatic rings. The molecular formula is C18H23N5O2. The van der Waals surface area contributed by atoms with Crippen LogP contribution in [0.15, 0.2) is 42.7 Å². The van der Waals surface area contributed by atoms with Crippen LogP contribution in [-0.4, -0.2) is 48.2 Å². The van der Waals surface area contributed by atoms with Gasteiger partial charge in [0.05, 0.1) is 13.2 Å². The van der Waals surface area contributed by atoms with Crippen LogP contribution in [0.4, 0.5) is 11.6 Å². The second-order valence-corrected chi connectivity index (χ2v) is 5.93. The minimum absolute atomic E-state index is 0.0737. The van der Waals surface area contributed by atoms with E-state index < -0.39 is 6.04 Å². The highest BCUT2D eigenvalue weighted by Crippen LogP contribution is 2.16. The fourth-order valence-electron chi connectivity index (χ4n) is 2.62. The lowest BCUT2D eigenvalue weighted by atomic mass is 10.2. The van der Waals surface area contributed by atoms with Gasteiger partial charge in [0.2, 0.25) is 5.91 Å². The smallest absolute Gasteiger partial charge is 0.242 e. The van der Waals surface area contributed by atoms with E-state index in [1.807, 2.05) is 43.3 Å². The molecule has 1 aromatic heterocycles. The van der Waals surface area contributed by atoms with Crippen LogP contribution < -0.4 is 15.5 Å². The molecule has 1 atom stereocenters. The van der Waals surface area contributed by atoms with Gasteiger partial charge in [-0.05, 0) is 12.5 Å². The molecule has 2 aromatic rings. The Morgan fingerprint density at radius 1 is 1.24 bits per heavy atom. The van der Waals surface area contributed by atoms with E-state index in [0.29, 0.717) is 25.6 Å². The molecule has 0 aliphatic carbocycles. The van der Waals surface area contributed by atoms with Crippen molar-refractivity contribution in [1.82, 2.24) is 15.3 Å². The Hall–Kier alpha value is -2.67. The SMILES string of the molecule is CC(Nc1cc(N2CCOCC2)ncn1)C(=O)NCc1ccccc1. The molecule has 7 heteroatoms. The second kappa shape index (κ2) is 8.43. The number of nitrogens with zero attached hydrogens (tertiary/aromatic N) is 3. The lowest BCUT2D eigenvalue weighted by molar-refractivity contribution is -0.121. The highest BCUT2D eigenvalue weighted by atomic mass is 16.5. The molecule has 1 amide bonds. The molecule has 0 saturated carbocycles. The lowest BCUT2D eigenvalue weighted by Gasteiger charge is -2.28. The van der Waals surface area contributed by atoms with E-state index in [-0.39, 0.29) is 5.91 Å². The van der Waals surface area contributed by atoms with Crippen LogP contribution >= 0.6 is 0 Å². The maximum Gasteiger partial charge on any atom is 0.242 e. The summed E-state index contributed by atoms with van der Waals surface area (Å²) in [6.07, 6.45) is 1.52. The number of benzene rings is 1. The first-order chi connectivity index (χ1) is 12.2. The maximum absolute atomic E-state index is 12.3. The number of nitrogens with one attached hydrogen (secondary N) is 2. The number of amides is 1. The molecule has 2 heterocycles. The van der Waals surface area contributed by atoms with Gasteiger partial charge in [0, 0.05) is 25.7 Å². The van der Waals surface area contributed by atoms with Gasteiger partial charge >= 0.3 is 0 Å². The van der Waals surface area contributed by atoms with Gasteiger partial charge in [-0.2, -0.15) is 0 Å². The van der Waals surface area contributed by atoms with Crippen molar-refractivity contribution in [1.29, 1.82) is 0 Å². The monoisotopic (exact) mass is 341 g/mol. The molecule has 1 aliphatic heterocycles. The van der Waals surface area contributed by atoms with Crippen LogP contribution in [0.2, 0.25) is 0 Å². The van der Waals surface area contributed by atoms with Crippen molar-refractivity contribution in [3.05, 3.63) is 48.3 Å². The average Bonchev–Trinajstić information content (AvgIpc) is 2.68. The Labute approximate surface area is 147 Å². The van der Waals surface area contributed by atoms with Crippen molar-refractivity contribution in [2.24, 2.45) is 0 Å². The summed E-state index contributed by atoms with van der Waals surface area (Å²) in [4.78, 5) is 22.9. The first kappa shape index (κ1) is 17.2. The largest absolute Gasteiger partial charge is 0.378 e. The summed E-state index contributed by atoms with van der Waals surface area (Å²) < 4.78 is 5.36. The minimum Gasteiger partial charge on any atom is -0.378 e. The van der Waals surface area contributed by atoms with E-state index in [2.05, 4.69) is 25.5 Å². The van der Waals surface area contributed by atoms with Crippen molar-refractivity contribution < 1.29 is 9.53 Å². The van der Waals surface area contributed by atoms with E-state index >= 15 is 0 Å². The summed E-state index contributed by atoms with van der Waals surface area (Å²) in [5.41, 5.74) is 1.07. The van der Waals surface area contributed by atoms with Crippen LogP contribution in [0.1, 0.15) is 12.5 Å². The number of carbonyl (C=O) groups excluding carboxylic acids is 1. The topological polar surface area (TPSA) is 79.4 Å². The number of hydrogen-bond donors (Lipinski definition) is 2. The molecule has 0 spiro atoms. The fourth-order valence-corrected chi connectivity index (χ4v) is 2.62. The van der Waals surface area contributed by atoms with E-state index in [4.69, 9.17) is 4.74 Å². The molecule has 132 valence electrons. The Bertz CT molecular complexity index is 689. The zero-order valence-corrected chi connectivity index (χ0v) is 14.3. The standard InChI is InChI=1S/C18H23N5O2/c1-14(18(24)19-12-15-5-3-2-4-6-15)22-16-11-17(21-13-20-16)23-7-9-25-10-8-23/h2-6,11,13-14H,7-10,12H2,1H3,(H,19,24)(H,20,21,22). The number of aromatic nitrogens is 2. The molecule has 1 saturated heterocycles.